The highest BCUT2D eigenvalue weighted by molar-refractivity contribution is 8.14. The van der Waals surface area contributed by atoms with E-state index in [1.54, 1.807) is 24.3 Å². The van der Waals surface area contributed by atoms with Gasteiger partial charge in [0, 0.05) is 6.54 Å². The van der Waals surface area contributed by atoms with Gasteiger partial charge < -0.3 is 5.11 Å². The molecule has 0 saturated carbocycles. The van der Waals surface area contributed by atoms with Gasteiger partial charge in [-0.25, -0.2) is 13.4 Å². The zero-order valence-electron chi connectivity index (χ0n) is 11.3. The van der Waals surface area contributed by atoms with E-state index in [4.69, 9.17) is 0 Å². The molecule has 2 heterocycles. The van der Waals surface area contributed by atoms with Crippen molar-refractivity contribution in [2.45, 2.75) is 29.7 Å². The third-order valence-corrected chi connectivity index (χ3v) is 6.69. The van der Waals surface area contributed by atoms with Crippen LogP contribution in [0.25, 0.3) is 0 Å². The maximum absolute atomic E-state index is 12.6. The van der Waals surface area contributed by atoms with Crippen LogP contribution in [0.4, 0.5) is 0 Å². The fraction of sp³-hybridized carbons (Fsp3) is 0.462. The number of nitrogens with zero attached hydrogens (tertiary/aromatic N) is 2. The van der Waals surface area contributed by atoms with Crippen LogP contribution in [0.15, 0.2) is 34.2 Å². The second kappa shape index (κ2) is 4.56. The number of aliphatic imine (C=N–C) groups is 1. The lowest BCUT2D eigenvalue weighted by molar-refractivity contribution is 0.0733. The number of aryl methyl sites for hydroxylation is 1. The summed E-state index contributed by atoms with van der Waals surface area (Å²) in [5.74, 6) is 0. The van der Waals surface area contributed by atoms with E-state index in [2.05, 4.69) is 4.99 Å². The van der Waals surface area contributed by atoms with Crippen LogP contribution in [0.1, 0.15) is 12.5 Å². The van der Waals surface area contributed by atoms with Gasteiger partial charge in [-0.3, -0.25) is 0 Å². The number of benzene rings is 1. The summed E-state index contributed by atoms with van der Waals surface area (Å²) in [6, 6.07) is 6.75. The molecule has 1 N–H and O–H groups in total. The van der Waals surface area contributed by atoms with Crippen LogP contribution < -0.4 is 0 Å². The van der Waals surface area contributed by atoms with Gasteiger partial charge in [-0.05, 0) is 26.0 Å². The summed E-state index contributed by atoms with van der Waals surface area (Å²) in [6.45, 7) is 4.06. The average Bonchev–Trinajstić information content (AvgIpc) is 2.80. The third kappa shape index (κ3) is 2.18. The molecule has 2 aliphatic rings. The molecule has 108 valence electrons. The van der Waals surface area contributed by atoms with Gasteiger partial charge in [-0.15, -0.1) is 11.8 Å². The number of fused-ring (bicyclic) bond motifs is 1. The van der Waals surface area contributed by atoms with E-state index in [-0.39, 0.29) is 23.2 Å². The van der Waals surface area contributed by atoms with Crippen LogP contribution in [0.2, 0.25) is 0 Å². The largest absolute Gasteiger partial charge is 0.367 e. The van der Waals surface area contributed by atoms with E-state index in [0.717, 1.165) is 10.6 Å². The number of rotatable bonds is 2. The fourth-order valence-electron chi connectivity index (χ4n) is 2.54. The van der Waals surface area contributed by atoms with Crippen LogP contribution in [-0.4, -0.2) is 46.9 Å². The minimum absolute atomic E-state index is 0.0260. The van der Waals surface area contributed by atoms with Crippen molar-refractivity contribution < 1.29 is 13.5 Å². The topological polar surface area (TPSA) is 70.0 Å². The van der Waals surface area contributed by atoms with E-state index in [1.165, 1.54) is 16.1 Å². The van der Waals surface area contributed by atoms with Gasteiger partial charge >= 0.3 is 0 Å². The number of aliphatic hydroxyl groups is 1. The Morgan fingerprint density at radius 2 is 2.00 bits per heavy atom. The van der Waals surface area contributed by atoms with E-state index in [0.29, 0.717) is 0 Å². The molecule has 0 spiro atoms. The minimum Gasteiger partial charge on any atom is -0.367 e. The van der Waals surface area contributed by atoms with Gasteiger partial charge in [-0.2, -0.15) is 4.31 Å². The van der Waals surface area contributed by atoms with Crippen molar-refractivity contribution in [3.63, 3.8) is 0 Å². The molecule has 20 heavy (non-hydrogen) atoms. The number of β-amino-alcohol motifs (C(OH)–C–C–N with tert-alkyl or cyclic N) is 1. The van der Waals surface area contributed by atoms with E-state index < -0.39 is 15.7 Å². The fourth-order valence-corrected chi connectivity index (χ4v) is 5.31. The SMILES string of the molecule is CC1=N[C@@]2(O)CN(S(=O)(=O)c3ccc(C)cc3)C[C@H]2S1. The average molecular weight is 312 g/mol. The summed E-state index contributed by atoms with van der Waals surface area (Å²) in [5, 5.41) is 11.0. The maximum Gasteiger partial charge on any atom is 0.243 e. The first kappa shape index (κ1) is 14.1. The molecular formula is C13H16N2O3S2. The van der Waals surface area contributed by atoms with Crippen molar-refractivity contribution in [3.05, 3.63) is 29.8 Å². The minimum atomic E-state index is -3.56. The van der Waals surface area contributed by atoms with Crippen LogP contribution in [0.3, 0.4) is 0 Å². The predicted molar refractivity (Wildman–Crippen MR) is 79.4 cm³/mol. The van der Waals surface area contributed by atoms with Gasteiger partial charge in [0.15, 0.2) is 5.72 Å². The Morgan fingerprint density at radius 1 is 1.35 bits per heavy atom. The van der Waals surface area contributed by atoms with E-state index in [9.17, 15) is 13.5 Å². The maximum atomic E-state index is 12.6. The normalized spacial score (nSPS) is 30.4. The molecule has 0 aromatic heterocycles. The highest BCUT2D eigenvalue weighted by Gasteiger charge is 2.52. The number of hydrogen-bond acceptors (Lipinski definition) is 5. The second-order valence-electron chi connectivity index (χ2n) is 5.23. The van der Waals surface area contributed by atoms with Crippen LogP contribution in [0, 0.1) is 6.92 Å². The quantitative estimate of drug-likeness (QED) is 0.891. The zero-order valence-corrected chi connectivity index (χ0v) is 12.9. The van der Waals surface area contributed by atoms with Crippen molar-refractivity contribution >= 4 is 26.8 Å². The first-order valence-electron chi connectivity index (χ1n) is 6.33. The molecule has 0 amide bonds. The van der Waals surface area contributed by atoms with E-state index in [1.807, 2.05) is 13.8 Å². The smallest absolute Gasteiger partial charge is 0.243 e. The van der Waals surface area contributed by atoms with E-state index >= 15 is 0 Å². The molecule has 3 rings (SSSR count). The van der Waals surface area contributed by atoms with Crippen molar-refractivity contribution in [1.82, 2.24) is 4.31 Å². The number of sulfonamides is 1. The van der Waals surface area contributed by atoms with Crippen molar-refractivity contribution in [2.24, 2.45) is 4.99 Å². The molecular weight excluding hydrogens is 296 g/mol. The molecule has 0 radical (unpaired) electrons. The first-order valence-corrected chi connectivity index (χ1v) is 8.65. The molecule has 1 aromatic rings. The molecule has 0 unspecified atom stereocenters. The standard InChI is InChI=1S/C13H16N2O3S2/c1-9-3-5-11(6-4-9)20(17,18)15-7-12-13(16,8-15)14-10(2)19-12/h3-6,12,16H,7-8H2,1-2H3/t12-,13-/m1/s1. The Labute approximate surface area is 122 Å². The summed E-state index contributed by atoms with van der Waals surface area (Å²) >= 11 is 1.45. The van der Waals surface area contributed by atoms with Crippen molar-refractivity contribution in [1.29, 1.82) is 0 Å². The molecule has 0 bridgehead atoms. The summed E-state index contributed by atoms with van der Waals surface area (Å²) in [6.07, 6.45) is 0. The summed E-state index contributed by atoms with van der Waals surface area (Å²) < 4.78 is 26.4. The lowest BCUT2D eigenvalue weighted by Gasteiger charge is -2.18. The highest BCUT2D eigenvalue weighted by atomic mass is 32.2. The lowest BCUT2D eigenvalue weighted by Crippen LogP contribution is -2.36. The van der Waals surface area contributed by atoms with Crippen LogP contribution >= 0.6 is 11.8 Å². The van der Waals surface area contributed by atoms with Gasteiger partial charge in [0.1, 0.15) is 0 Å². The predicted octanol–water partition coefficient (Wildman–Crippen LogP) is 1.22. The molecule has 1 aromatic carbocycles. The summed E-state index contributed by atoms with van der Waals surface area (Å²) in [4.78, 5) is 4.44. The number of thioether (sulfide) groups is 1. The van der Waals surface area contributed by atoms with Crippen LogP contribution in [-0.2, 0) is 10.0 Å². The Kier molecular flexibility index (Phi) is 3.20. The molecule has 1 saturated heterocycles. The third-order valence-electron chi connectivity index (χ3n) is 3.62. The summed E-state index contributed by atoms with van der Waals surface area (Å²) in [7, 11) is -3.56. The molecule has 2 atom stereocenters. The molecule has 1 fully saturated rings. The Hall–Kier alpha value is -0.890. The van der Waals surface area contributed by atoms with Gasteiger partial charge in [-0.1, -0.05) is 17.7 Å². The molecule has 5 nitrogen and oxygen atoms in total. The molecule has 7 heteroatoms. The van der Waals surface area contributed by atoms with Gasteiger partial charge in [0.2, 0.25) is 10.0 Å². The second-order valence-corrected chi connectivity index (χ2v) is 8.56. The molecule has 0 aliphatic carbocycles. The van der Waals surface area contributed by atoms with Crippen molar-refractivity contribution in [2.75, 3.05) is 13.1 Å². The van der Waals surface area contributed by atoms with Gasteiger partial charge in [0.05, 0.1) is 21.7 Å². The van der Waals surface area contributed by atoms with Gasteiger partial charge in [0.25, 0.3) is 0 Å². The Bertz CT molecular complexity index is 669. The lowest BCUT2D eigenvalue weighted by atomic mass is 10.2. The number of hydrogen-bond donors (Lipinski definition) is 1. The first-order chi connectivity index (χ1) is 9.31. The zero-order chi connectivity index (χ0) is 14.5. The summed E-state index contributed by atoms with van der Waals surface area (Å²) in [5.41, 5.74) is -0.261. The Morgan fingerprint density at radius 3 is 2.60 bits per heavy atom. The van der Waals surface area contributed by atoms with Crippen LogP contribution in [0.5, 0.6) is 0 Å². The monoisotopic (exact) mass is 312 g/mol. The van der Waals surface area contributed by atoms with Crippen molar-refractivity contribution in [3.8, 4) is 0 Å². The molecule has 2 aliphatic heterocycles. The Balaban J connectivity index is 1.90. The highest BCUT2D eigenvalue weighted by Crippen LogP contribution is 2.41.